The van der Waals surface area contributed by atoms with E-state index in [4.69, 9.17) is 16.3 Å². The lowest BCUT2D eigenvalue weighted by Gasteiger charge is -2.08. The third-order valence-corrected chi connectivity index (χ3v) is 6.94. The maximum Gasteiger partial charge on any atom is 0.343 e. The molecule has 198 valence electrons. The van der Waals surface area contributed by atoms with Crippen molar-refractivity contribution in [3.8, 4) is 16.9 Å². The largest absolute Gasteiger partial charge is 0.422 e. The summed E-state index contributed by atoms with van der Waals surface area (Å²) in [6.07, 6.45) is 1.36. The Morgan fingerprint density at radius 1 is 1.00 bits per heavy atom. The Morgan fingerprint density at radius 2 is 1.73 bits per heavy atom. The normalized spacial score (nSPS) is 11.1. The van der Waals surface area contributed by atoms with Crippen LogP contribution in [-0.4, -0.2) is 28.0 Å². The molecule has 2 N–H and O–H groups in total. The molecule has 0 atom stereocenters. The van der Waals surface area contributed by atoms with E-state index in [9.17, 15) is 19.7 Å². The monoisotopic (exact) mass is 664 g/mol. The van der Waals surface area contributed by atoms with Gasteiger partial charge >= 0.3 is 5.97 Å². The van der Waals surface area contributed by atoms with Crippen LogP contribution in [0.15, 0.2) is 96.1 Å². The van der Waals surface area contributed by atoms with Crippen molar-refractivity contribution in [3.05, 3.63) is 127 Å². The van der Waals surface area contributed by atoms with E-state index in [1.807, 2.05) is 36.4 Å². The number of nitrogens with zero attached hydrogens (tertiary/aromatic N) is 2. The molecule has 5 aromatic rings. The number of H-pyrrole nitrogens is 1. The van der Waals surface area contributed by atoms with Gasteiger partial charge in [0.2, 0.25) is 0 Å². The second-order valence-electron chi connectivity index (χ2n) is 8.48. The van der Waals surface area contributed by atoms with Gasteiger partial charge in [-0.15, -0.1) is 0 Å². The second kappa shape index (κ2) is 11.7. The van der Waals surface area contributed by atoms with Gasteiger partial charge in [0.15, 0.2) is 0 Å². The number of carbonyl (C=O) groups is 2. The molecule has 0 aliphatic rings. The van der Waals surface area contributed by atoms with Crippen LogP contribution in [0.5, 0.6) is 5.75 Å². The summed E-state index contributed by atoms with van der Waals surface area (Å²) in [5.41, 5.74) is 5.39. The lowest BCUT2D eigenvalue weighted by Crippen LogP contribution is -2.19. The van der Waals surface area contributed by atoms with Crippen molar-refractivity contribution in [2.24, 2.45) is 5.10 Å². The number of hydrazone groups is 1. The predicted octanol–water partition coefficient (Wildman–Crippen LogP) is 6.98. The van der Waals surface area contributed by atoms with E-state index in [0.717, 1.165) is 14.5 Å². The molecule has 1 aromatic heterocycles. The Kier molecular flexibility index (Phi) is 7.89. The van der Waals surface area contributed by atoms with Gasteiger partial charge in [-0.2, -0.15) is 5.10 Å². The molecule has 1 heterocycles. The van der Waals surface area contributed by atoms with Crippen molar-refractivity contribution in [2.75, 3.05) is 0 Å². The number of aromatic nitrogens is 1. The quantitative estimate of drug-likeness (QED) is 0.0485. The number of nitrogens with one attached hydrogen (secondary N) is 2. The van der Waals surface area contributed by atoms with E-state index >= 15 is 0 Å². The van der Waals surface area contributed by atoms with Crippen molar-refractivity contribution < 1.29 is 19.2 Å². The highest BCUT2D eigenvalue weighted by Gasteiger charge is 2.21. The molecule has 0 radical (unpaired) electrons. The number of carbonyl (C=O) groups excluding carboxylic acids is 2. The Balaban J connectivity index is 1.38. The Bertz CT molecular complexity index is 1800. The molecular weight excluding hydrogens is 647 g/mol. The highest BCUT2D eigenvalue weighted by Crippen LogP contribution is 2.37. The number of fused-ring (bicyclic) bond motifs is 1. The third kappa shape index (κ3) is 5.72. The zero-order valence-electron chi connectivity index (χ0n) is 20.4. The molecule has 0 aliphatic heterocycles. The van der Waals surface area contributed by atoms with Crippen molar-refractivity contribution in [1.29, 1.82) is 0 Å². The average molecular weight is 665 g/mol. The topological polar surface area (TPSA) is 127 Å². The van der Waals surface area contributed by atoms with Gasteiger partial charge in [-0.05, 0) is 71.1 Å². The Hall–Kier alpha value is -4.55. The number of hydrogen-bond acceptors (Lipinski definition) is 6. The van der Waals surface area contributed by atoms with Crippen LogP contribution < -0.4 is 10.2 Å². The highest BCUT2D eigenvalue weighted by molar-refractivity contribution is 14.1. The fraction of sp³-hybridized carbons (Fsp3) is 0. The minimum Gasteiger partial charge on any atom is -0.422 e. The summed E-state index contributed by atoms with van der Waals surface area (Å²) in [5.74, 6) is -0.990. The van der Waals surface area contributed by atoms with Crippen LogP contribution >= 0.6 is 34.2 Å². The molecular formula is C29H18ClIN4O5. The zero-order valence-corrected chi connectivity index (χ0v) is 23.3. The van der Waals surface area contributed by atoms with Gasteiger partial charge in [0.25, 0.3) is 11.6 Å². The summed E-state index contributed by atoms with van der Waals surface area (Å²) in [6.45, 7) is 0. The molecule has 0 bridgehead atoms. The van der Waals surface area contributed by atoms with Crippen LogP contribution in [0.25, 0.3) is 22.0 Å². The molecule has 0 spiro atoms. The molecule has 0 fully saturated rings. The van der Waals surface area contributed by atoms with E-state index < -0.39 is 16.8 Å². The van der Waals surface area contributed by atoms with Crippen LogP contribution in [0, 0.1) is 13.7 Å². The van der Waals surface area contributed by atoms with Gasteiger partial charge in [0.05, 0.1) is 16.7 Å². The smallest absolute Gasteiger partial charge is 0.343 e. The van der Waals surface area contributed by atoms with Crippen LogP contribution in [0.2, 0.25) is 5.02 Å². The lowest BCUT2D eigenvalue weighted by molar-refractivity contribution is -0.384. The summed E-state index contributed by atoms with van der Waals surface area (Å²) >= 11 is 8.71. The minimum atomic E-state index is -0.697. The molecule has 0 aliphatic carbocycles. The summed E-state index contributed by atoms with van der Waals surface area (Å²) < 4.78 is 6.48. The maximum atomic E-state index is 13.3. The SMILES string of the molecule is O=C(Oc1ccccc1C=NNC(=O)c1[nH]c2ccc(I)cc2c1-c1ccccc1Cl)c1ccc([N+](=O)[O-])cc1. The van der Waals surface area contributed by atoms with Gasteiger partial charge in [0, 0.05) is 48.3 Å². The average Bonchev–Trinajstić information content (AvgIpc) is 3.32. The number of aromatic amines is 1. The molecule has 4 aromatic carbocycles. The number of halogens is 2. The number of nitro benzene ring substituents is 1. The number of nitro groups is 1. The molecule has 0 saturated heterocycles. The van der Waals surface area contributed by atoms with E-state index in [2.05, 4.69) is 38.1 Å². The summed E-state index contributed by atoms with van der Waals surface area (Å²) in [7, 11) is 0. The Labute approximate surface area is 246 Å². The predicted molar refractivity (Wildman–Crippen MR) is 161 cm³/mol. The number of hydrogen-bond donors (Lipinski definition) is 2. The second-order valence-corrected chi connectivity index (χ2v) is 10.1. The van der Waals surface area contributed by atoms with Crippen LogP contribution in [0.1, 0.15) is 26.4 Å². The fourth-order valence-electron chi connectivity index (χ4n) is 4.05. The minimum absolute atomic E-state index is 0.137. The third-order valence-electron chi connectivity index (χ3n) is 5.94. The number of esters is 1. The van der Waals surface area contributed by atoms with Crippen LogP contribution in [0.4, 0.5) is 5.69 Å². The Morgan fingerprint density at radius 3 is 2.48 bits per heavy atom. The zero-order chi connectivity index (χ0) is 28.2. The first kappa shape index (κ1) is 27.0. The first-order valence-electron chi connectivity index (χ1n) is 11.8. The molecule has 11 heteroatoms. The number of para-hydroxylation sites is 1. The highest BCUT2D eigenvalue weighted by atomic mass is 127. The number of ether oxygens (including phenoxy) is 1. The maximum absolute atomic E-state index is 13.3. The van der Waals surface area contributed by atoms with E-state index in [1.165, 1.54) is 30.5 Å². The molecule has 1 amide bonds. The summed E-state index contributed by atoms with van der Waals surface area (Å²) in [4.78, 5) is 39.4. The van der Waals surface area contributed by atoms with E-state index in [0.29, 0.717) is 27.4 Å². The lowest BCUT2D eigenvalue weighted by atomic mass is 10.0. The van der Waals surface area contributed by atoms with Gasteiger partial charge in [-0.1, -0.05) is 41.9 Å². The molecule has 9 nitrogen and oxygen atoms in total. The standard InChI is InChI=1S/C29H18ClIN4O5/c30-23-7-3-2-6-21(23)26-22-15-19(31)11-14-24(22)33-27(26)28(36)34-32-16-18-5-1-4-8-25(18)40-29(37)17-9-12-20(13-10-17)35(38)39/h1-16,33H,(H,34,36). The van der Waals surface area contributed by atoms with Gasteiger partial charge in [0.1, 0.15) is 11.4 Å². The van der Waals surface area contributed by atoms with Crippen molar-refractivity contribution in [2.45, 2.75) is 0 Å². The van der Waals surface area contributed by atoms with Crippen molar-refractivity contribution in [1.82, 2.24) is 10.4 Å². The van der Waals surface area contributed by atoms with Crippen LogP contribution in [0.3, 0.4) is 0 Å². The van der Waals surface area contributed by atoms with E-state index in [-0.39, 0.29) is 17.0 Å². The number of amides is 1. The van der Waals surface area contributed by atoms with Crippen LogP contribution in [-0.2, 0) is 0 Å². The molecule has 0 unspecified atom stereocenters. The molecule has 40 heavy (non-hydrogen) atoms. The summed E-state index contributed by atoms with van der Waals surface area (Å²) in [6, 6.07) is 24.8. The van der Waals surface area contributed by atoms with Crippen molar-refractivity contribution in [3.63, 3.8) is 0 Å². The van der Waals surface area contributed by atoms with Gasteiger partial charge < -0.3 is 9.72 Å². The molecule has 5 rings (SSSR count). The van der Waals surface area contributed by atoms with Gasteiger partial charge in [-0.3, -0.25) is 14.9 Å². The van der Waals surface area contributed by atoms with E-state index in [1.54, 1.807) is 30.3 Å². The first-order valence-corrected chi connectivity index (χ1v) is 13.2. The molecule has 0 saturated carbocycles. The number of non-ortho nitro benzene ring substituents is 1. The fourth-order valence-corrected chi connectivity index (χ4v) is 4.77. The van der Waals surface area contributed by atoms with Crippen molar-refractivity contribution >= 4 is 68.9 Å². The van der Waals surface area contributed by atoms with Gasteiger partial charge in [-0.25, -0.2) is 10.2 Å². The number of rotatable bonds is 7. The number of benzene rings is 4. The summed E-state index contributed by atoms with van der Waals surface area (Å²) in [5, 5.41) is 16.3. The first-order chi connectivity index (χ1) is 19.3.